The second-order valence-corrected chi connectivity index (χ2v) is 13.1. The average molecular weight is 630 g/mol. The molecular formula is C29H35Cl3N2O7. The van der Waals surface area contributed by atoms with Gasteiger partial charge in [-0.05, 0) is 55.7 Å². The minimum Gasteiger partial charge on any atom is -0.454 e. The Labute approximate surface area is 254 Å². The van der Waals surface area contributed by atoms with Crippen molar-refractivity contribution in [1.82, 2.24) is 5.32 Å². The van der Waals surface area contributed by atoms with E-state index in [1.54, 1.807) is 32.2 Å². The standard InChI is InChI=1S/C29H35Cl3N2O7/c1-13-11-19-17(15(3)25(31)32)10-9-14(2)29(19,38)24(23(13)39-16(4)35)40-26(36)21-12-28(37)18-7-6-8-20(30)22(18)34(5)41-27(28)33-21/h6-8,11,14,17,19,21,23-24,27,33,37-38H,9-10,12H2,1-5H3/t14-,17+,19-,21+,23-,24+,27-,28-,29-/m1/s1. The first-order chi connectivity index (χ1) is 19.2. The number of allylic oxidation sites excluding steroid dienone is 1. The Morgan fingerprint density at radius 1 is 1.17 bits per heavy atom. The molecule has 0 unspecified atom stereocenters. The molecule has 5 rings (SSSR count). The van der Waals surface area contributed by atoms with E-state index >= 15 is 0 Å². The lowest BCUT2D eigenvalue weighted by Gasteiger charge is -2.55. The number of anilines is 1. The highest BCUT2D eigenvalue weighted by Crippen LogP contribution is 2.53. The second-order valence-electron chi connectivity index (χ2n) is 11.7. The van der Waals surface area contributed by atoms with Crippen LogP contribution in [0.3, 0.4) is 0 Å². The molecule has 12 heteroatoms. The third-order valence-corrected chi connectivity index (χ3v) is 10.2. The molecule has 0 amide bonds. The molecule has 1 aromatic rings. The maximum Gasteiger partial charge on any atom is 0.323 e. The predicted molar refractivity (Wildman–Crippen MR) is 154 cm³/mol. The molecule has 9 nitrogen and oxygen atoms in total. The highest BCUT2D eigenvalue weighted by Gasteiger charge is 2.62. The fourth-order valence-corrected chi connectivity index (χ4v) is 7.68. The molecule has 41 heavy (non-hydrogen) atoms. The second kappa shape index (κ2) is 11.0. The molecule has 0 bridgehead atoms. The first-order valence-corrected chi connectivity index (χ1v) is 14.8. The SMILES string of the molecule is CC(=O)O[C@@H]1C(C)=C[C@@H]2[C@H](C(C)=C(Cl)Cl)CC[C@@H](C)[C@]2(O)[C@H]1OC(=O)[C@@H]1C[C@@]2(O)c3cccc(Cl)c3N(C)O[C@H]2N1. The van der Waals surface area contributed by atoms with E-state index in [4.69, 9.17) is 49.1 Å². The van der Waals surface area contributed by atoms with Gasteiger partial charge < -0.3 is 19.7 Å². The van der Waals surface area contributed by atoms with Gasteiger partial charge in [-0.15, -0.1) is 0 Å². The van der Waals surface area contributed by atoms with Crippen molar-refractivity contribution in [2.45, 2.75) is 82.6 Å². The van der Waals surface area contributed by atoms with Gasteiger partial charge in [-0.1, -0.05) is 59.9 Å². The summed E-state index contributed by atoms with van der Waals surface area (Å²) in [5.41, 5.74) is -0.773. The highest BCUT2D eigenvalue weighted by molar-refractivity contribution is 6.56. The van der Waals surface area contributed by atoms with Gasteiger partial charge in [-0.3, -0.25) is 24.8 Å². The number of carbonyl (C=O) groups excluding carboxylic acids is 2. The third kappa shape index (κ3) is 4.97. The Kier molecular flexibility index (Phi) is 8.22. The number of aliphatic hydroxyl groups is 2. The van der Waals surface area contributed by atoms with E-state index in [2.05, 4.69) is 5.32 Å². The van der Waals surface area contributed by atoms with Gasteiger partial charge in [0.2, 0.25) is 0 Å². The first-order valence-electron chi connectivity index (χ1n) is 13.7. The number of nitrogens with one attached hydrogen (secondary N) is 1. The normalized spacial score (nSPS) is 37.8. The summed E-state index contributed by atoms with van der Waals surface area (Å²) < 4.78 is 11.9. The Morgan fingerprint density at radius 3 is 2.54 bits per heavy atom. The van der Waals surface area contributed by atoms with Crippen LogP contribution >= 0.6 is 34.8 Å². The van der Waals surface area contributed by atoms with Crippen LogP contribution in [0, 0.1) is 17.8 Å². The van der Waals surface area contributed by atoms with Crippen LogP contribution in [-0.2, 0) is 29.5 Å². The summed E-state index contributed by atoms with van der Waals surface area (Å²) in [5, 5.41) is 29.1. The third-order valence-electron chi connectivity index (χ3n) is 9.30. The zero-order chi connectivity index (χ0) is 30.0. The van der Waals surface area contributed by atoms with Crippen LogP contribution < -0.4 is 10.4 Å². The maximum atomic E-state index is 13.8. The van der Waals surface area contributed by atoms with Crippen LogP contribution in [-0.4, -0.2) is 59.3 Å². The minimum atomic E-state index is -1.60. The summed E-state index contributed by atoms with van der Waals surface area (Å²) in [4.78, 5) is 31.9. The molecule has 224 valence electrons. The zero-order valence-electron chi connectivity index (χ0n) is 23.5. The molecule has 4 aliphatic rings. The molecule has 0 aromatic heterocycles. The zero-order valence-corrected chi connectivity index (χ0v) is 25.8. The van der Waals surface area contributed by atoms with Crippen molar-refractivity contribution in [3.8, 4) is 0 Å². The van der Waals surface area contributed by atoms with E-state index in [1.807, 2.05) is 19.9 Å². The van der Waals surface area contributed by atoms with Crippen LogP contribution in [0.4, 0.5) is 5.69 Å². The number of nitrogens with zero attached hydrogens (tertiary/aromatic N) is 1. The smallest absolute Gasteiger partial charge is 0.323 e. The minimum absolute atomic E-state index is 0.0683. The van der Waals surface area contributed by atoms with Gasteiger partial charge in [0.1, 0.15) is 21.7 Å². The number of benzene rings is 1. The molecule has 1 saturated carbocycles. The molecule has 2 aliphatic heterocycles. The molecule has 9 atom stereocenters. The summed E-state index contributed by atoms with van der Waals surface area (Å²) in [6.07, 6.45) is -0.0562. The van der Waals surface area contributed by atoms with Gasteiger partial charge in [0.15, 0.2) is 18.4 Å². The molecule has 2 fully saturated rings. The summed E-state index contributed by atoms with van der Waals surface area (Å²) in [6.45, 7) is 6.76. The largest absolute Gasteiger partial charge is 0.454 e. The number of hydroxylamine groups is 1. The highest BCUT2D eigenvalue weighted by atomic mass is 35.5. The Balaban J connectivity index is 1.49. The molecule has 1 saturated heterocycles. The lowest BCUT2D eigenvalue weighted by molar-refractivity contribution is -0.221. The molecule has 2 aliphatic carbocycles. The predicted octanol–water partition coefficient (Wildman–Crippen LogP) is 4.50. The fraction of sp³-hybridized carbons (Fsp3) is 0.586. The molecule has 2 heterocycles. The van der Waals surface area contributed by atoms with E-state index in [-0.39, 0.29) is 22.7 Å². The lowest BCUT2D eigenvalue weighted by Crippen LogP contribution is -2.66. The Bertz CT molecular complexity index is 1320. The van der Waals surface area contributed by atoms with Gasteiger partial charge in [-0.2, -0.15) is 0 Å². The molecule has 0 radical (unpaired) electrons. The van der Waals surface area contributed by atoms with Gasteiger partial charge in [-0.25, -0.2) is 0 Å². The molecule has 0 spiro atoms. The maximum absolute atomic E-state index is 13.8. The number of esters is 2. The number of para-hydroxylation sites is 1. The number of hydrogen-bond acceptors (Lipinski definition) is 9. The van der Waals surface area contributed by atoms with Gasteiger partial charge in [0.05, 0.1) is 10.7 Å². The number of ether oxygens (including phenoxy) is 2. The fourth-order valence-electron chi connectivity index (χ4n) is 7.11. The molecular weight excluding hydrogens is 595 g/mol. The first kappa shape index (κ1) is 30.6. The summed E-state index contributed by atoms with van der Waals surface area (Å²) in [5.74, 6) is -2.33. The van der Waals surface area contributed by atoms with Crippen molar-refractivity contribution in [2.75, 3.05) is 12.1 Å². The van der Waals surface area contributed by atoms with E-state index in [0.717, 1.165) is 12.0 Å². The van der Waals surface area contributed by atoms with E-state index in [1.165, 1.54) is 12.0 Å². The number of halogens is 3. The Hall–Kier alpha value is -1.85. The number of rotatable bonds is 4. The summed E-state index contributed by atoms with van der Waals surface area (Å²) >= 11 is 18.8. The lowest BCUT2D eigenvalue weighted by atomic mass is 9.56. The topological polar surface area (TPSA) is 118 Å². The van der Waals surface area contributed by atoms with Gasteiger partial charge in [0, 0.05) is 31.9 Å². The number of fused-ring (bicyclic) bond motifs is 4. The van der Waals surface area contributed by atoms with Crippen LogP contribution in [0.2, 0.25) is 5.02 Å². The van der Waals surface area contributed by atoms with E-state index < -0.39 is 53.5 Å². The van der Waals surface area contributed by atoms with Crippen molar-refractivity contribution >= 4 is 52.4 Å². The quantitative estimate of drug-likeness (QED) is 0.327. The molecule has 3 N–H and O–H groups in total. The van der Waals surface area contributed by atoms with Crippen molar-refractivity contribution < 1.29 is 34.1 Å². The van der Waals surface area contributed by atoms with Crippen molar-refractivity contribution in [3.63, 3.8) is 0 Å². The van der Waals surface area contributed by atoms with E-state index in [9.17, 15) is 19.8 Å². The average Bonchev–Trinajstić information content (AvgIpc) is 3.25. The number of hydrogen-bond donors (Lipinski definition) is 3. The van der Waals surface area contributed by atoms with Crippen LogP contribution in [0.15, 0.2) is 39.9 Å². The monoisotopic (exact) mass is 628 g/mol. The van der Waals surface area contributed by atoms with Crippen molar-refractivity contribution in [3.05, 3.63) is 50.5 Å². The van der Waals surface area contributed by atoms with Crippen LogP contribution in [0.5, 0.6) is 0 Å². The van der Waals surface area contributed by atoms with E-state index in [0.29, 0.717) is 28.3 Å². The molecule has 1 aromatic carbocycles. The number of carbonyl (C=O) groups is 2. The van der Waals surface area contributed by atoms with Crippen molar-refractivity contribution in [2.24, 2.45) is 17.8 Å². The Morgan fingerprint density at radius 2 is 1.88 bits per heavy atom. The van der Waals surface area contributed by atoms with Gasteiger partial charge >= 0.3 is 11.9 Å². The van der Waals surface area contributed by atoms with Crippen molar-refractivity contribution in [1.29, 1.82) is 0 Å². The van der Waals surface area contributed by atoms with Gasteiger partial charge in [0.25, 0.3) is 0 Å². The van der Waals surface area contributed by atoms with Crippen LogP contribution in [0.25, 0.3) is 0 Å². The summed E-state index contributed by atoms with van der Waals surface area (Å²) in [6, 6.07) is 4.16. The van der Waals surface area contributed by atoms with Crippen LogP contribution in [0.1, 0.15) is 52.5 Å². The summed E-state index contributed by atoms with van der Waals surface area (Å²) in [7, 11) is 1.67.